The SMILES string of the molecule is COCCOc1ccc(C(=O)N2CCC(C(=O)NN)CC2)cc1Br. The highest BCUT2D eigenvalue weighted by molar-refractivity contribution is 9.10. The summed E-state index contributed by atoms with van der Waals surface area (Å²) in [5.74, 6) is 5.49. The number of benzene rings is 1. The molecule has 0 aliphatic carbocycles. The number of ether oxygens (including phenoxy) is 2. The fourth-order valence-electron chi connectivity index (χ4n) is 2.63. The number of nitrogens with zero attached hydrogens (tertiary/aromatic N) is 1. The van der Waals surface area contributed by atoms with Crippen molar-refractivity contribution in [2.45, 2.75) is 12.8 Å². The zero-order chi connectivity index (χ0) is 17.5. The number of hydrazine groups is 1. The number of hydrogen-bond donors (Lipinski definition) is 2. The predicted octanol–water partition coefficient (Wildman–Crippen LogP) is 1.32. The highest BCUT2D eigenvalue weighted by Crippen LogP contribution is 2.27. The number of likely N-dealkylation sites (tertiary alicyclic amines) is 1. The average Bonchev–Trinajstić information content (AvgIpc) is 2.62. The molecule has 132 valence electrons. The monoisotopic (exact) mass is 399 g/mol. The predicted molar refractivity (Wildman–Crippen MR) is 92.5 cm³/mol. The van der Waals surface area contributed by atoms with Crippen LogP contribution in [0.1, 0.15) is 23.2 Å². The first-order valence-electron chi connectivity index (χ1n) is 7.77. The summed E-state index contributed by atoms with van der Waals surface area (Å²) in [6, 6.07) is 5.26. The van der Waals surface area contributed by atoms with Crippen molar-refractivity contribution in [1.82, 2.24) is 10.3 Å². The molecule has 2 amide bonds. The van der Waals surface area contributed by atoms with Crippen molar-refractivity contribution in [3.8, 4) is 5.75 Å². The third-order valence-electron chi connectivity index (χ3n) is 4.02. The quantitative estimate of drug-likeness (QED) is 0.325. The lowest BCUT2D eigenvalue weighted by Gasteiger charge is -2.31. The van der Waals surface area contributed by atoms with E-state index in [-0.39, 0.29) is 17.7 Å². The van der Waals surface area contributed by atoms with Crippen molar-refractivity contribution in [2.24, 2.45) is 11.8 Å². The Hall–Kier alpha value is -1.64. The van der Waals surface area contributed by atoms with Crippen LogP contribution in [0.2, 0.25) is 0 Å². The largest absolute Gasteiger partial charge is 0.490 e. The molecule has 0 radical (unpaired) electrons. The van der Waals surface area contributed by atoms with Gasteiger partial charge in [-0.05, 0) is 47.0 Å². The van der Waals surface area contributed by atoms with Gasteiger partial charge in [-0.2, -0.15) is 0 Å². The second-order valence-corrected chi connectivity index (χ2v) is 6.42. The molecule has 1 aromatic rings. The molecule has 1 aliphatic rings. The summed E-state index contributed by atoms with van der Waals surface area (Å²) in [4.78, 5) is 25.9. The molecule has 1 saturated heterocycles. The number of carbonyl (C=O) groups excluding carboxylic acids is 2. The minimum atomic E-state index is -0.164. The Bertz CT molecular complexity index is 589. The lowest BCUT2D eigenvalue weighted by molar-refractivity contribution is -0.126. The van der Waals surface area contributed by atoms with E-state index in [1.54, 1.807) is 30.2 Å². The molecule has 0 spiro atoms. The molecule has 0 atom stereocenters. The Balaban J connectivity index is 1.95. The highest BCUT2D eigenvalue weighted by atomic mass is 79.9. The molecule has 8 heteroatoms. The summed E-state index contributed by atoms with van der Waals surface area (Å²) in [5, 5.41) is 0. The van der Waals surface area contributed by atoms with Gasteiger partial charge in [0, 0.05) is 31.7 Å². The van der Waals surface area contributed by atoms with E-state index < -0.39 is 0 Å². The molecule has 0 aromatic heterocycles. The number of nitrogens with two attached hydrogens (primary N) is 1. The molecule has 0 bridgehead atoms. The Labute approximate surface area is 149 Å². The van der Waals surface area contributed by atoms with Crippen molar-refractivity contribution in [2.75, 3.05) is 33.4 Å². The van der Waals surface area contributed by atoms with Crippen LogP contribution in [-0.4, -0.2) is 50.1 Å². The fourth-order valence-corrected chi connectivity index (χ4v) is 3.12. The molecule has 0 saturated carbocycles. The number of carbonyl (C=O) groups is 2. The van der Waals surface area contributed by atoms with E-state index in [4.69, 9.17) is 15.3 Å². The first kappa shape index (κ1) is 18.7. The molecule has 1 aliphatic heterocycles. The number of nitrogens with one attached hydrogen (secondary N) is 1. The topological polar surface area (TPSA) is 93.9 Å². The smallest absolute Gasteiger partial charge is 0.253 e. The lowest BCUT2D eigenvalue weighted by Crippen LogP contribution is -2.44. The minimum absolute atomic E-state index is 0.0502. The molecular weight excluding hydrogens is 378 g/mol. The normalized spacial score (nSPS) is 15.2. The Morgan fingerprint density at radius 2 is 2.04 bits per heavy atom. The zero-order valence-corrected chi connectivity index (χ0v) is 15.2. The average molecular weight is 400 g/mol. The van der Waals surface area contributed by atoms with Gasteiger partial charge in [0.1, 0.15) is 12.4 Å². The van der Waals surface area contributed by atoms with Gasteiger partial charge < -0.3 is 14.4 Å². The van der Waals surface area contributed by atoms with E-state index in [1.807, 2.05) is 0 Å². The number of rotatable bonds is 6. The van der Waals surface area contributed by atoms with Gasteiger partial charge in [-0.3, -0.25) is 15.0 Å². The van der Waals surface area contributed by atoms with Crippen LogP contribution in [0.5, 0.6) is 5.75 Å². The summed E-state index contributed by atoms with van der Waals surface area (Å²) in [5.41, 5.74) is 2.76. The van der Waals surface area contributed by atoms with E-state index in [0.29, 0.717) is 50.5 Å². The summed E-state index contributed by atoms with van der Waals surface area (Å²) < 4.78 is 11.2. The van der Waals surface area contributed by atoms with Crippen LogP contribution in [0.3, 0.4) is 0 Å². The maximum absolute atomic E-state index is 12.6. The van der Waals surface area contributed by atoms with Crippen LogP contribution in [0.15, 0.2) is 22.7 Å². The van der Waals surface area contributed by atoms with Gasteiger partial charge in [-0.15, -0.1) is 0 Å². The van der Waals surface area contributed by atoms with Crippen molar-refractivity contribution in [3.63, 3.8) is 0 Å². The van der Waals surface area contributed by atoms with Gasteiger partial charge in [0.05, 0.1) is 11.1 Å². The van der Waals surface area contributed by atoms with Crippen LogP contribution in [-0.2, 0) is 9.53 Å². The number of hydrogen-bond acceptors (Lipinski definition) is 5. The van der Waals surface area contributed by atoms with Crippen molar-refractivity contribution in [1.29, 1.82) is 0 Å². The van der Waals surface area contributed by atoms with Crippen molar-refractivity contribution in [3.05, 3.63) is 28.2 Å². The van der Waals surface area contributed by atoms with Crippen molar-refractivity contribution >= 4 is 27.7 Å². The molecule has 7 nitrogen and oxygen atoms in total. The van der Waals surface area contributed by atoms with E-state index in [2.05, 4.69) is 21.4 Å². The van der Waals surface area contributed by atoms with Gasteiger partial charge in [0.15, 0.2) is 0 Å². The van der Waals surface area contributed by atoms with Gasteiger partial charge in [-0.1, -0.05) is 0 Å². The molecule has 2 rings (SSSR count). The van der Waals surface area contributed by atoms with Gasteiger partial charge in [0.25, 0.3) is 5.91 Å². The third kappa shape index (κ3) is 4.68. The molecule has 0 unspecified atom stereocenters. The summed E-state index contributed by atoms with van der Waals surface area (Å²) in [6.07, 6.45) is 1.24. The molecular formula is C16H22BrN3O4. The van der Waals surface area contributed by atoms with Gasteiger partial charge >= 0.3 is 0 Å². The molecule has 3 N–H and O–H groups in total. The van der Waals surface area contributed by atoms with Crippen LogP contribution in [0.25, 0.3) is 0 Å². The van der Waals surface area contributed by atoms with Crippen LogP contribution >= 0.6 is 15.9 Å². The molecule has 1 fully saturated rings. The second kappa shape index (κ2) is 9.00. The van der Waals surface area contributed by atoms with E-state index >= 15 is 0 Å². The number of piperidine rings is 1. The maximum Gasteiger partial charge on any atom is 0.253 e. The van der Waals surface area contributed by atoms with Crippen LogP contribution in [0, 0.1) is 5.92 Å². The Morgan fingerprint density at radius 3 is 2.62 bits per heavy atom. The van der Waals surface area contributed by atoms with Gasteiger partial charge in [0.2, 0.25) is 5.91 Å². The van der Waals surface area contributed by atoms with Crippen molar-refractivity contribution < 1.29 is 19.1 Å². The number of amides is 2. The summed E-state index contributed by atoms with van der Waals surface area (Å²) >= 11 is 3.43. The molecule has 24 heavy (non-hydrogen) atoms. The number of halogens is 1. The van der Waals surface area contributed by atoms with E-state index in [1.165, 1.54) is 0 Å². The maximum atomic E-state index is 12.6. The van der Waals surface area contributed by atoms with E-state index in [9.17, 15) is 9.59 Å². The Kier molecular flexibility index (Phi) is 7.01. The number of methoxy groups -OCH3 is 1. The summed E-state index contributed by atoms with van der Waals surface area (Å²) in [7, 11) is 1.61. The Morgan fingerprint density at radius 1 is 1.33 bits per heavy atom. The zero-order valence-electron chi connectivity index (χ0n) is 13.6. The summed E-state index contributed by atoms with van der Waals surface area (Å²) in [6.45, 7) is 2.03. The van der Waals surface area contributed by atoms with Crippen LogP contribution in [0.4, 0.5) is 0 Å². The first-order chi connectivity index (χ1) is 11.6. The third-order valence-corrected chi connectivity index (χ3v) is 4.64. The van der Waals surface area contributed by atoms with Crippen LogP contribution < -0.4 is 16.0 Å². The minimum Gasteiger partial charge on any atom is -0.490 e. The highest BCUT2D eigenvalue weighted by Gasteiger charge is 2.27. The second-order valence-electron chi connectivity index (χ2n) is 5.56. The van der Waals surface area contributed by atoms with E-state index in [0.717, 1.165) is 4.47 Å². The standard InChI is InChI=1S/C16H22BrN3O4/c1-23-8-9-24-14-3-2-12(10-13(14)17)16(22)20-6-4-11(5-7-20)15(21)19-18/h2-3,10-11H,4-9,18H2,1H3,(H,19,21). The molecule has 1 heterocycles. The molecule has 1 aromatic carbocycles. The van der Waals surface area contributed by atoms with Gasteiger partial charge in [-0.25, -0.2) is 5.84 Å². The lowest BCUT2D eigenvalue weighted by atomic mass is 9.95. The first-order valence-corrected chi connectivity index (χ1v) is 8.57. The fraction of sp³-hybridized carbons (Fsp3) is 0.500.